The lowest BCUT2D eigenvalue weighted by molar-refractivity contribution is 0.776. The summed E-state index contributed by atoms with van der Waals surface area (Å²) >= 11 is 6.23. The molecule has 4 rings (SSSR count). The number of benzene rings is 2. The summed E-state index contributed by atoms with van der Waals surface area (Å²) in [6.07, 6.45) is 2.48. The number of hydrogen-bond acceptors (Lipinski definition) is 3. The van der Waals surface area contributed by atoms with Gasteiger partial charge in [-0.25, -0.2) is 9.94 Å². The van der Waals surface area contributed by atoms with Gasteiger partial charge in [0.05, 0.1) is 29.5 Å². The molecule has 29 heavy (non-hydrogen) atoms. The molecule has 7 heteroatoms. The summed E-state index contributed by atoms with van der Waals surface area (Å²) in [6.45, 7) is 11.5. The molecule has 0 saturated carbocycles. The van der Waals surface area contributed by atoms with Gasteiger partial charge >= 0.3 is 0 Å². The lowest BCUT2D eigenvalue weighted by Gasteiger charge is -2.12. The van der Waals surface area contributed by atoms with E-state index in [1.54, 1.807) is 16.9 Å². The van der Waals surface area contributed by atoms with Crippen molar-refractivity contribution >= 4 is 28.1 Å². The van der Waals surface area contributed by atoms with Crippen LogP contribution in [0.3, 0.4) is 0 Å². The predicted molar refractivity (Wildman–Crippen MR) is 115 cm³/mol. The molecule has 0 bridgehead atoms. The van der Waals surface area contributed by atoms with Crippen molar-refractivity contribution in [3.8, 4) is 22.4 Å². The topological polar surface area (TPSA) is 67.9 Å². The summed E-state index contributed by atoms with van der Waals surface area (Å²) in [5, 5.41) is 13.2. The molecule has 2 aromatic heterocycles. The standard InChI is InChI=1S/C22H18ClN5O/c1-5-19-16-10-13(6-7-14(16)22(29)27-26-19)17-11-25-28(4)21(17)15-8-9-18(23)12(2)20(15)24-3/h6-11H,5H2,1-2,4H3,(H,27,29). The molecule has 0 amide bonds. The number of nitrogens with zero attached hydrogens (tertiary/aromatic N) is 4. The Kier molecular flexibility index (Phi) is 4.69. The number of nitrogens with one attached hydrogen (secondary N) is 1. The Labute approximate surface area is 172 Å². The molecule has 0 atom stereocenters. The van der Waals surface area contributed by atoms with Crippen molar-refractivity contribution in [2.45, 2.75) is 20.3 Å². The number of aryl methyl sites for hydroxylation is 2. The van der Waals surface area contributed by atoms with Crippen LogP contribution in [0.4, 0.5) is 5.69 Å². The van der Waals surface area contributed by atoms with E-state index in [1.807, 2.05) is 45.2 Å². The number of hydrogen-bond donors (Lipinski definition) is 1. The molecule has 0 spiro atoms. The van der Waals surface area contributed by atoms with E-state index in [0.29, 0.717) is 22.5 Å². The first kappa shape index (κ1) is 18.9. The minimum absolute atomic E-state index is 0.209. The van der Waals surface area contributed by atoms with Crippen LogP contribution in [0.5, 0.6) is 0 Å². The largest absolute Gasteiger partial charge is 0.272 e. The second kappa shape index (κ2) is 7.19. The minimum atomic E-state index is -0.209. The zero-order valence-electron chi connectivity index (χ0n) is 16.2. The van der Waals surface area contributed by atoms with Gasteiger partial charge in [-0.05, 0) is 42.7 Å². The van der Waals surface area contributed by atoms with Gasteiger partial charge in [0, 0.05) is 28.6 Å². The van der Waals surface area contributed by atoms with E-state index in [0.717, 1.165) is 39.0 Å². The van der Waals surface area contributed by atoms with E-state index in [-0.39, 0.29) is 5.56 Å². The molecular formula is C22H18ClN5O. The molecule has 0 aliphatic heterocycles. The third-order valence-corrected chi connectivity index (χ3v) is 5.59. The average Bonchev–Trinajstić information content (AvgIpc) is 3.11. The summed E-state index contributed by atoms with van der Waals surface area (Å²) < 4.78 is 1.76. The summed E-state index contributed by atoms with van der Waals surface area (Å²) in [5.74, 6) is 0. The van der Waals surface area contributed by atoms with E-state index in [4.69, 9.17) is 18.2 Å². The highest BCUT2D eigenvalue weighted by Crippen LogP contribution is 2.41. The van der Waals surface area contributed by atoms with Crippen LogP contribution in [0.2, 0.25) is 5.02 Å². The summed E-state index contributed by atoms with van der Waals surface area (Å²) in [6, 6.07) is 9.34. The third-order valence-electron chi connectivity index (χ3n) is 5.18. The van der Waals surface area contributed by atoms with Crippen LogP contribution >= 0.6 is 11.6 Å². The Hall–Kier alpha value is -3.43. The van der Waals surface area contributed by atoms with Crippen molar-refractivity contribution in [1.29, 1.82) is 0 Å². The van der Waals surface area contributed by atoms with E-state index >= 15 is 0 Å². The number of halogens is 1. The molecule has 144 valence electrons. The fourth-order valence-corrected chi connectivity index (χ4v) is 3.79. The highest BCUT2D eigenvalue weighted by molar-refractivity contribution is 6.32. The van der Waals surface area contributed by atoms with Gasteiger partial charge in [0.25, 0.3) is 5.56 Å². The monoisotopic (exact) mass is 403 g/mol. The van der Waals surface area contributed by atoms with Crippen molar-refractivity contribution in [2.24, 2.45) is 7.05 Å². The van der Waals surface area contributed by atoms with Crippen LogP contribution in [0.25, 0.3) is 38.0 Å². The van der Waals surface area contributed by atoms with Crippen LogP contribution in [0, 0.1) is 13.5 Å². The first-order valence-electron chi connectivity index (χ1n) is 9.16. The minimum Gasteiger partial charge on any atom is -0.269 e. The molecule has 0 fully saturated rings. The Morgan fingerprint density at radius 1 is 1.21 bits per heavy atom. The van der Waals surface area contributed by atoms with E-state index in [9.17, 15) is 4.79 Å². The van der Waals surface area contributed by atoms with E-state index < -0.39 is 0 Å². The SMILES string of the molecule is [C-]#[N+]c1c(-c2c(-c3ccc4c(=O)[nH]nc(CC)c4c3)cnn2C)ccc(Cl)c1C. The third kappa shape index (κ3) is 3.00. The van der Waals surface area contributed by atoms with Crippen molar-refractivity contribution in [1.82, 2.24) is 20.0 Å². The molecule has 0 aliphatic carbocycles. The predicted octanol–water partition coefficient (Wildman–Crippen LogP) is 5.07. The Bertz CT molecular complexity index is 1360. The van der Waals surface area contributed by atoms with Crippen LogP contribution in [-0.4, -0.2) is 20.0 Å². The van der Waals surface area contributed by atoms with Crippen molar-refractivity contribution in [2.75, 3.05) is 0 Å². The molecule has 1 N–H and O–H groups in total. The Balaban J connectivity index is 2.00. The van der Waals surface area contributed by atoms with Gasteiger partial charge in [-0.3, -0.25) is 9.48 Å². The number of aromatic amines is 1. The molecule has 0 unspecified atom stereocenters. The second-order valence-corrected chi connectivity index (χ2v) is 7.23. The second-order valence-electron chi connectivity index (χ2n) is 6.82. The maximum Gasteiger partial charge on any atom is 0.272 e. The first-order valence-corrected chi connectivity index (χ1v) is 9.54. The smallest absolute Gasteiger partial charge is 0.269 e. The molecule has 4 aromatic rings. The highest BCUT2D eigenvalue weighted by Gasteiger charge is 2.19. The van der Waals surface area contributed by atoms with Gasteiger partial charge < -0.3 is 0 Å². The lowest BCUT2D eigenvalue weighted by Crippen LogP contribution is -2.10. The van der Waals surface area contributed by atoms with E-state index in [2.05, 4.69) is 20.1 Å². The van der Waals surface area contributed by atoms with Crippen molar-refractivity contribution in [3.63, 3.8) is 0 Å². The quantitative estimate of drug-likeness (QED) is 0.486. The van der Waals surface area contributed by atoms with Gasteiger partial charge in [0.15, 0.2) is 0 Å². The van der Waals surface area contributed by atoms with Crippen LogP contribution in [0.1, 0.15) is 18.2 Å². The lowest BCUT2D eigenvalue weighted by atomic mass is 9.96. The van der Waals surface area contributed by atoms with Crippen LogP contribution in [0.15, 0.2) is 41.3 Å². The number of H-pyrrole nitrogens is 1. The summed E-state index contributed by atoms with van der Waals surface area (Å²) in [4.78, 5) is 15.9. The fourth-order valence-electron chi connectivity index (χ4n) is 3.64. The van der Waals surface area contributed by atoms with Gasteiger partial charge in [-0.1, -0.05) is 30.7 Å². The molecule has 2 heterocycles. The molecule has 0 radical (unpaired) electrons. The normalized spacial score (nSPS) is 11.0. The maximum atomic E-state index is 12.2. The van der Waals surface area contributed by atoms with Gasteiger partial charge in [0.2, 0.25) is 5.69 Å². The maximum absolute atomic E-state index is 12.2. The molecule has 0 aliphatic rings. The average molecular weight is 404 g/mol. The van der Waals surface area contributed by atoms with Crippen molar-refractivity contribution < 1.29 is 0 Å². The first-order chi connectivity index (χ1) is 14.0. The Morgan fingerprint density at radius 2 is 2.00 bits per heavy atom. The summed E-state index contributed by atoms with van der Waals surface area (Å²) in [5.41, 5.74) is 5.26. The molecule has 0 saturated heterocycles. The Morgan fingerprint density at radius 3 is 2.72 bits per heavy atom. The fraction of sp³-hybridized carbons (Fsp3) is 0.182. The molecule has 2 aromatic carbocycles. The summed E-state index contributed by atoms with van der Waals surface area (Å²) in [7, 11) is 1.85. The number of rotatable bonds is 3. The number of fused-ring (bicyclic) bond motifs is 1. The van der Waals surface area contributed by atoms with Crippen LogP contribution in [-0.2, 0) is 13.5 Å². The van der Waals surface area contributed by atoms with Gasteiger partial charge in [-0.15, -0.1) is 0 Å². The van der Waals surface area contributed by atoms with E-state index in [1.165, 1.54) is 0 Å². The highest BCUT2D eigenvalue weighted by atomic mass is 35.5. The van der Waals surface area contributed by atoms with Crippen molar-refractivity contribution in [3.05, 3.63) is 74.6 Å². The number of aromatic nitrogens is 4. The van der Waals surface area contributed by atoms with Gasteiger partial charge in [0.1, 0.15) is 0 Å². The van der Waals surface area contributed by atoms with Gasteiger partial charge in [-0.2, -0.15) is 10.2 Å². The molecular weight excluding hydrogens is 386 g/mol. The van der Waals surface area contributed by atoms with Crippen LogP contribution < -0.4 is 5.56 Å². The molecule has 6 nitrogen and oxygen atoms in total. The zero-order valence-corrected chi connectivity index (χ0v) is 17.0. The zero-order chi connectivity index (χ0) is 20.7.